The molecule has 2 aromatic carbocycles. The van der Waals surface area contributed by atoms with Crippen molar-refractivity contribution in [3.05, 3.63) is 59.9 Å². The van der Waals surface area contributed by atoms with E-state index in [-0.39, 0.29) is 18.2 Å². The highest BCUT2D eigenvalue weighted by Gasteiger charge is 2.04. The van der Waals surface area contributed by atoms with E-state index < -0.39 is 11.6 Å². The van der Waals surface area contributed by atoms with Gasteiger partial charge in [-0.15, -0.1) is 0 Å². The number of anilines is 1. The van der Waals surface area contributed by atoms with Crippen LogP contribution in [0.5, 0.6) is 5.75 Å². The summed E-state index contributed by atoms with van der Waals surface area (Å²) in [7, 11) is 0. The van der Waals surface area contributed by atoms with Crippen LogP contribution in [-0.2, 0) is 0 Å². The monoisotopic (exact) mass is 267 g/mol. The van der Waals surface area contributed by atoms with E-state index in [1.54, 1.807) is 12.1 Å². The third kappa shape index (κ3) is 3.91. The zero-order valence-electron chi connectivity index (χ0n) is 10.00. The Bertz CT molecular complexity index is 560. The van der Waals surface area contributed by atoms with Gasteiger partial charge in [0.25, 0.3) is 0 Å². The minimum Gasteiger partial charge on any atom is -0.489 e. The van der Waals surface area contributed by atoms with Gasteiger partial charge in [-0.05, 0) is 30.3 Å². The molecule has 0 radical (unpaired) electrons. The first-order valence-corrected chi connectivity index (χ1v) is 5.72. The molecule has 0 aliphatic rings. The molecule has 0 aliphatic heterocycles. The quantitative estimate of drug-likeness (QED) is 0.836. The number of benzene rings is 2. The molecule has 5 heteroatoms. The highest BCUT2D eigenvalue weighted by molar-refractivity contribution is 5.42. The first-order chi connectivity index (χ1) is 9.15. The predicted molar refractivity (Wildman–Crippen MR) is 66.7 cm³/mol. The van der Waals surface area contributed by atoms with Gasteiger partial charge in [-0.3, -0.25) is 0 Å². The second kappa shape index (κ2) is 6.13. The third-order valence-corrected chi connectivity index (χ3v) is 2.41. The normalized spacial score (nSPS) is 10.3. The molecule has 19 heavy (non-hydrogen) atoms. The number of ether oxygens (including phenoxy) is 1. The van der Waals surface area contributed by atoms with Crippen molar-refractivity contribution in [1.29, 1.82) is 0 Å². The summed E-state index contributed by atoms with van der Waals surface area (Å²) in [5.41, 5.74) is 0.600. The van der Waals surface area contributed by atoms with E-state index in [0.29, 0.717) is 12.2 Å². The molecule has 1 N–H and O–H groups in total. The lowest BCUT2D eigenvalue weighted by molar-refractivity contribution is 0.313. The fourth-order valence-electron chi connectivity index (χ4n) is 1.54. The Morgan fingerprint density at radius 3 is 2.53 bits per heavy atom. The van der Waals surface area contributed by atoms with Crippen LogP contribution in [0.15, 0.2) is 42.5 Å². The second-order valence-electron chi connectivity index (χ2n) is 3.86. The molecule has 0 unspecified atom stereocenters. The first-order valence-electron chi connectivity index (χ1n) is 5.72. The minimum atomic E-state index is -0.618. The smallest absolute Gasteiger partial charge is 0.165 e. The first kappa shape index (κ1) is 13.3. The van der Waals surface area contributed by atoms with Crippen molar-refractivity contribution in [2.24, 2.45) is 0 Å². The largest absolute Gasteiger partial charge is 0.489 e. The summed E-state index contributed by atoms with van der Waals surface area (Å²) in [6.07, 6.45) is 0. The van der Waals surface area contributed by atoms with Crippen molar-refractivity contribution in [1.82, 2.24) is 0 Å². The van der Waals surface area contributed by atoms with Gasteiger partial charge >= 0.3 is 0 Å². The number of nitrogens with one attached hydrogen (secondary N) is 1. The summed E-state index contributed by atoms with van der Waals surface area (Å²) in [5, 5.41) is 2.91. The molecule has 0 bridgehead atoms. The molecule has 0 fully saturated rings. The number of hydrogen-bond donors (Lipinski definition) is 1. The van der Waals surface area contributed by atoms with Crippen molar-refractivity contribution < 1.29 is 17.9 Å². The van der Waals surface area contributed by atoms with Crippen LogP contribution in [0.2, 0.25) is 0 Å². The summed E-state index contributed by atoms with van der Waals surface area (Å²) in [4.78, 5) is 0. The van der Waals surface area contributed by atoms with Gasteiger partial charge in [0.15, 0.2) is 11.6 Å². The van der Waals surface area contributed by atoms with Crippen molar-refractivity contribution in [2.45, 2.75) is 0 Å². The lowest BCUT2D eigenvalue weighted by atomic mass is 10.3. The Hall–Kier alpha value is -2.17. The summed E-state index contributed by atoms with van der Waals surface area (Å²) in [5.74, 6) is -1.66. The zero-order valence-corrected chi connectivity index (χ0v) is 10.00. The van der Waals surface area contributed by atoms with Gasteiger partial charge in [-0.2, -0.15) is 0 Å². The Morgan fingerprint density at radius 2 is 1.74 bits per heavy atom. The van der Waals surface area contributed by atoms with Crippen LogP contribution in [0.3, 0.4) is 0 Å². The van der Waals surface area contributed by atoms with Gasteiger partial charge in [-0.1, -0.05) is 6.07 Å². The van der Waals surface area contributed by atoms with Crippen LogP contribution in [-0.4, -0.2) is 13.2 Å². The maximum Gasteiger partial charge on any atom is 0.165 e. The van der Waals surface area contributed by atoms with Crippen LogP contribution in [0.4, 0.5) is 18.9 Å². The van der Waals surface area contributed by atoms with Gasteiger partial charge in [0.1, 0.15) is 18.2 Å². The molecule has 0 aliphatic carbocycles. The number of halogens is 3. The van der Waals surface area contributed by atoms with Crippen molar-refractivity contribution in [2.75, 3.05) is 18.5 Å². The van der Waals surface area contributed by atoms with Crippen LogP contribution < -0.4 is 10.1 Å². The minimum absolute atomic E-state index is 0.136. The fourth-order valence-corrected chi connectivity index (χ4v) is 1.54. The molecule has 0 aromatic heterocycles. The average molecular weight is 267 g/mol. The summed E-state index contributed by atoms with van der Waals surface area (Å²) < 4.78 is 44.0. The topological polar surface area (TPSA) is 21.3 Å². The average Bonchev–Trinajstić information content (AvgIpc) is 2.39. The van der Waals surface area contributed by atoms with E-state index in [4.69, 9.17) is 4.74 Å². The molecule has 0 atom stereocenters. The molecule has 2 aromatic rings. The van der Waals surface area contributed by atoms with Crippen molar-refractivity contribution >= 4 is 5.69 Å². The van der Waals surface area contributed by atoms with E-state index in [1.165, 1.54) is 12.1 Å². The highest BCUT2D eigenvalue weighted by Crippen LogP contribution is 2.17. The van der Waals surface area contributed by atoms with Gasteiger partial charge < -0.3 is 10.1 Å². The molecule has 2 nitrogen and oxygen atoms in total. The number of hydrogen-bond acceptors (Lipinski definition) is 2. The van der Waals surface area contributed by atoms with E-state index in [2.05, 4.69) is 5.32 Å². The molecule has 2 rings (SSSR count). The molecule has 0 saturated carbocycles. The lowest BCUT2D eigenvalue weighted by Crippen LogP contribution is -2.12. The van der Waals surface area contributed by atoms with Crippen LogP contribution in [0.25, 0.3) is 0 Å². The van der Waals surface area contributed by atoms with E-state index in [0.717, 1.165) is 18.2 Å². The predicted octanol–water partition coefficient (Wildman–Crippen LogP) is 3.59. The molecule has 0 saturated heterocycles. The highest BCUT2D eigenvalue weighted by atomic mass is 19.1. The molecule has 0 amide bonds. The van der Waals surface area contributed by atoms with E-state index in [9.17, 15) is 13.2 Å². The summed E-state index contributed by atoms with van der Waals surface area (Å²) in [6.45, 7) is 0.482. The third-order valence-electron chi connectivity index (χ3n) is 2.41. The van der Waals surface area contributed by atoms with Gasteiger partial charge in [0.05, 0.1) is 0 Å². The van der Waals surface area contributed by atoms with Gasteiger partial charge in [0, 0.05) is 18.3 Å². The second-order valence-corrected chi connectivity index (χ2v) is 3.86. The van der Waals surface area contributed by atoms with Crippen molar-refractivity contribution in [3.8, 4) is 5.75 Å². The SMILES string of the molecule is Fc1cccc(NCCOc2cc(F)ccc2F)c1. The van der Waals surface area contributed by atoms with Crippen LogP contribution in [0, 0.1) is 17.5 Å². The standard InChI is InChI=1S/C14H12F3NO/c15-10-2-1-3-12(8-10)18-6-7-19-14-9-11(16)4-5-13(14)17/h1-5,8-9,18H,6-7H2. The Balaban J connectivity index is 1.82. The fraction of sp³-hybridized carbons (Fsp3) is 0.143. The molecule has 0 heterocycles. The zero-order chi connectivity index (χ0) is 13.7. The maximum absolute atomic E-state index is 13.2. The summed E-state index contributed by atoms with van der Waals surface area (Å²) in [6, 6.07) is 8.96. The van der Waals surface area contributed by atoms with Crippen LogP contribution in [0.1, 0.15) is 0 Å². The van der Waals surface area contributed by atoms with E-state index in [1.807, 2.05) is 0 Å². The summed E-state index contributed by atoms with van der Waals surface area (Å²) >= 11 is 0. The van der Waals surface area contributed by atoms with Gasteiger partial charge in [-0.25, -0.2) is 13.2 Å². The lowest BCUT2D eigenvalue weighted by Gasteiger charge is -2.09. The van der Waals surface area contributed by atoms with E-state index >= 15 is 0 Å². The molecule has 0 spiro atoms. The Kier molecular flexibility index (Phi) is 4.28. The number of rotatable bonds is 5. The molecular formula is C14H12F3NO. The van der Waals surface area contributed by atoms with Gasteiger partial charge in [0.2, 0.25) is 0 Å². The molecule has 100 valence electrons. The maximum atomic E-state index is 13.2. The van der Waals surface area contributed by atoms with Crippen molar-refractivity contribution in [3.63, 3.8) is 0 Å². The Labute approximate surface area is 108 Å². The van der Waals surface area contributed by atoms with Crippen LogP contribution >= 0.6 is 0 Å². The Morgan fingerprint density at radius 1 is 0.947 bits per heavy atom. The molecular weight excluding hydrogens is 255 g/mol.